The zero-order chi connectivity index (χ0) is 13.0. The number of hydrogen-bond donors (Lipinski definition) is 1. The summed E-state index contributed by atoms with van der Waals surface area (Å²) in [5.41, 5.74) is 6.72. The fourth-order valence-electron chi connectivity index (χ4n) is 1.43. The highest BCUT2D eigenvalue weighted by atomic mass is 16.6. The molecule has 0 aliphatic heterocycles. The van der Waals surface area contributed by atoms with Crippen molar-refractivity contribution in [2.45, 2.75) is 32.9 Å². The third-order valence-electron chi connectivity index (χ3n) is 2.49. The molecule has 5 nitrogen and oxygen atoms in total. The van der Waals surface area contributed by atoms with Crippen LogP contribution in [0.2, 0.25) is 0 Å². The van der Waals surface area contributed by atoms with Gasteiger partial charge in [0.15, 0.2) is 0 Å². The van der Waals surface area contributed by atoms with E-state index in [0.717, 1.165) is 0 Å². The summed E-state index contributed by atoms with van der Waals surface area (Å²) in [6.45, 7) is 6.03. The quantitative estimate of drug-likeness (QED) is 0.797. The van der Waals surface area contributed by atoms with Crippen molar-refractivity contribution in [3.05, 3.63) is 18.0 Å². The first-order chi connectivity index (χ1) is 7.95. The molecule has 1 unspecified atom stereocenters. The average Bonchev–Trinajstić information content (AvgIpc) is 2.67. The SMILES string of the molecule is COC(C)COC(=O)c1cc(N)cn1C(C)C. The van der Waals surface area contributed by atoms with Crippen LogP contribution in [0.4, 0.5) is 5.69 Å². The second-order valence-corrected chi connectivity index (χ2v) is 4.30. The lowest BCUT2D eigenvalue weighted by atomic mass is 10.3. The highest BCUT2D eigenvalue weighted by Crippen LogP contribution is 2.17. The number of nitrogens with zero attached hydrogens (tertiary/aromatic N) is 1. The molecular formula is C12H20N2O3. The van der Waals surface area contributed by atoms with Gasteiger partial charge in [0.05, 0.1) is 11.8 Å². The van der Waals surface area contributed by atoms with E-state index in [1.54, 1.807) is 23.9 Å². The minimum atomic E-state index is -0.376. The van der Waals surface area contributed by atoms with Crippen LogP contribution >= 0.6 is 0 Å². The zero-order valence-electron chi connectivity index (χ0n) is 10.8. The molecule has 17 heavy (non-hydrogen) atoms. The van der Waals surface area contributed by atoms with Gasteiger partial charge in [-0.3, -0.25) is 0 Å². The largest absolute Gasteiger partial charge is 0.458 e. The van der Waals surface area contributed by atoms with Gasteiger partial charge >= 0.3 is 5.97 Å². The first kappa shape index (κ1) is 13.6. The van der Waals surface area contributed by atoms with E-state index in [2.05, 4.69) is 0 Å². The Morgan fingerprint density at radius 3 is 2.65 bits per heavy atom. The summed E-state index contributed by atoms with van der Waals surface area (Å²) < 4.78 is 12.0. The number of aromatic nitrogens is 1. The van der Waals surface area contributed by atoms with Crippen LogP contribution < -0.4 is 5.73 Å². The van der Waals surface area contributed by atoms with Crippen LogP contribution in [-0.4, -0.2) is 30.4 Å². The van der Waals surface area contributed by atoms with Crippen LogP contribution in [0, 0.1) is 0 Å². The summed E-state index contributed by atoms with van der Waals surface area (Å²) in [4.78, 5) is 11.8. The number of ether oxygens (including phenoxy) is 2. The molecule has 0 bridgehead atoms. The number of methoxy groups -OCH3 is 1. The Kier molecular flexibility index (Phi) is 4.57. The molecular weight excluding hydrogens is 220 g/mol. The second kappa shape index (κ2) is 5.72. The summed E-state index contributed by atoms with van der Waals surface area (Å²) >= 11 is 0. The molecule has 0 spiro atoms. The highest BCUT2D eigenvalue weighted by Gasteiger charge is 2.16. The maximum atomic E-state index is 11.8. The van der Waals surface area contributed by atoms with E-state index in [1.165, 1.54) is 0 Å². The number of esters is 1. The van der Waals surface area contributed by atoms with Crippen molar-refractivity contribution >= 4 is 11.7 Å². The van der Waals surface area contributed by atoms with Gasteiger partial charge in [0, 0.05) is 19.3 Å². The number of anilines is 1. The predicted octanol–water partition coefficient (Wildman–Crippen LogP) is 1.84. The smallest absolute Gasteiger partial charge is 0.355 e. The maximum Gasteiger partial charge on any atom is 0.355 e. The van der Waals surface area contributed by atoms with E-state index in [1.807, 2.05) is 20.8 Å². The standard InChI is InChI=1S/C12H20N2O3/c1-8(2)14-6-10(13)5-11(14)12(15)17-7-9(3)16-4/h5-6,8-9H,7,13H2,1-4H3. The number of nitrogen functional groups attached to an aromatic ring is 1. The third kappa shape index (κ3) is 3.49. The molecule has 0 amide bonds. The molecule has 1 aromatic rings. The Balaban J connectivity index is 2.74. The number of nitrogens with two attached hydrogens (primary N) is 1. The molecule has 1 atom stereocenters. The lowest BCUT2D eigenvalue weighted by Crippen LogP contribution is -2.20. The minimum absolute atomic E-state index is 0.112. The fraction of sp³-hybridized carbons (Fsp3) is 0.583. The van der Waals surface area contributed by atoms with Crippen molar-refractivity contribution in [2.75, 3.05) is 19.5 Å². The summed E-state index contributed by atoms with van der Waals surface area (Å²) in [7, 11) is 1.58. The predicted molar refractivity (Wildman–Crippen MR) is 66.0 cm³/mol. The molecule has 1 aromatic heterocycles. The molecule has 2 N–H and O–H groups in total. The molecule has 0 radical (unpaired) electrons. The van der Waals surface area contributed by atoms with E-state index >= 15 is 0 Å². The van der Waals surface area contributed by atoms with Crippen molar-refractivity contribution in [3.63, 3.8) is 0 Å². The van der Waals surface area contributed by atoms with Crippen molar-refractivity contribution < 1.29 is 14.3 Å². The fourth-order valence-corrected chi connectivity index (χ4v) is 1.43. The molecule has 1 heterocycles. The van der Waals surface area contributed by atoms with E-state index in [-0.39, 0.29) is 24.7 Å². The molecule has 1 rings (SSSR count). The topological polar surface area (TPSA) is 66.5 Å². The zero-order valence-corrected chi connectivity index (χ0v) is 10.8. The van der Waals surface area contributed by atoms with Crippen LogP contribution in [0.25, 0.3) is 0 Å². The monoisotopic (exact) mass is 240 g/mol. The average molecular weight is 240 g/mol. The number of carbonyl (C=O) groups is 1. The molecule has 0 saturated heterocycles. The van der Waals surface area contributed by atoms with Gasteiger partial charge in [-0.2, -0.15) is 0 Å². The number of hydrogen-bond acceptors (Lipinski definition) is 4. The Bertz CT molecular complexity index is 385. The van der Waals surface area contributed by atoms with Gasteiger partial charge in [0.2, 0.25) is 0 Å². The van der Waals surface area contributed by atoms with Crippen molar-refractivity contribution in [3.8, 4) is 0 Å². The van der Waals surface area contributed by atoms with Gasteiger partial charge in [0.25, 0.3) is 0 Å². The molecule has 0 saturated carbocycles. The van der Waals surface area contributed by atoms with Gasteiger partial charge in [0.1, 0.15) is 12.3 Å². The van der Waals surface area contributed by atoms with Crippen LogP contribution in [0.15, 0.2) is 12.3 Å². The van der Waals surface area contributed by atoms with Gasteiger partial charge in [-0.1, -0.05) is 0 Å². The van der Waals surface area contributed by atoms with Gasteiger partial charge < -0.3 is 19.8 Å². The lowest BCUT2D eigenvalue weighted by Gasteiger charge is -2.13. The van der Waals surface area contributed by atoms with Crippen LogP contribution in [-0.2, 0) is 9.47 Å². The van der Waals surface area contributed by atoms with Gasteiger partial charge in [-0.15, -0.1) is 0 Å². The van der Waals surface area contributed by atoms with Gasteiger partial charge in [-0.25, -0.2) is 4.79 Å². The minimum Gasteiger partial charge on any atom is -0.458 e. The van der Waals surface area contributed by atoms with Crippen LogP contribution in [0.3, 0.4) is 0 Å². The van der Waals surface area contributed by atoms with E-state index in [9.17, 15) is 4.79 Å². The van der Waals surface area contributed by atoms with Crippen LogP contribution in [0.5, 0.6) is 0 Å². The number of carbonyl (C=O) groups excluding carboxylic acids is 1. The Morgan fingerprint density at radius 2 is 2.12 bits per heavy atom. The van der Waals surface area contributed by atoms with Crippen molar-refractivity contribution in [2.24, 2.45) is 0 Å². The summed E-state index contributed by atoms with van der Waals surface area (Å²) in [5, 5.41) is 0. The molecule has 0 aromatic carbocycles. The number of rotatable bonds is 5. The van der Waals surface area contributed by atoms with Crippen molar-refractivity contribution in [1.29, 1.82) is 0 Å². The Labute approximate surface area is 101 Å². The van der Waals surface area contributed by atoms with E-state index in [4.69, 9.17) is 15.2 Å². The van der Waals surface area contributed by atoms with Gasteiger partial charge in [-0.05, 0) is 26.8 Å². The molecule has 0 aliphatic rings. The molecule has 0 aliphatic carbocycles. The first-order valence-electron chi connectivity index (χ1n) is 5.63. The van der Waals surface area contributed by atoms with Crippen LogP contribution in [0.1, 0.15) is 37.3 Å². The normalized spacial score (nSPS) is 12.8. The molecule has 5 heteroatoms. The van der Waals surface area contributed by atoms with Crippen molar-refractivity contribution in [1.82, 2.24) is 4.57 Å². The summed E-state index contributed by atoms with van der Waals surface area (Å²) in [5.74, 6) is -0.376. The Morgan fingerprint density at radius 1 is 1.47 bits per heavy atom. The first-order valence-corrected chi connectivity index (χ1v) is 5.63. The summed E-state index contributed by atoms with van der Waals surface area (Å²) in [6, 6.07) is 1.79. The Hall–Kier alpha value is -1.49. The summed E-state index contributed by atoms with van der Waals surface area (Å²) in [6.07, 6.45) is 1.62. The maximum absolute atomic E-state index is 11.8. The van der Waals surface area contributed by atoms with E-state index < -0.39 is 0 Å². The van der Waals surface area contributed by atoms with E-state index in [0.29, 0.717) is 11.4 Å². The third-order valence-corrected chi connectivity index (χ3v) is 2.49. The molecule has 0 fully saturated rings. The lowest BCUT2D eigenvalue weighted by molar-refractivity contribution is 0.0159. The highest BCUT2D eigenvalue weighted by molar-refractivity contribution is 5.89. The molecule has 96 valence electrons. The second-order valence-electron chi connectivity index (χ2n) is 4.30.